The Hall–Kier alpha value is -1.99. The van der Waals surface area contributed by atoms with Crippen LogP contribution in [0.5, 0.6) is 0 Å². The molecule has 1 aliphatic heterocycles. The Morgan fingerprint density at radius 1 is 1.42 bits per heavy atom. The molecule has 1 aliphatic carbocycles. The smallest absolute Gasteiger partial charge is 0.255 e. The fraction of sp³-hybridized carbons (Fsp3) is 0.588. The van der Waals surface area contributed by atoms with Crippen LogP contribution in [0.1, 0.15) is 23.2 Å². The zero-order valence-corrected chi connectivity index (χ0v) is 14.1. The van der Waals surface area contributed by atoms with Gasteiger partial charge in [-0.05, 0) is 25.0 Å². The van der Waals surface area contributed by atoms with Gasteiger partial charge in [0, 0.05) is 33.0 Å². The van der Waals surface area contributed by atoms with Crippen LogP contribution in [0, 0.1) is 0 Å². The third-order valence-electron chi connectivity index (χ3n) is 4.62. The van der Waals surface area contributed by atoms with Crippen molar-refractivity contribution in [2.75, 3.05) is 33.9 Å². The fourth-order valence-electron chi connectivity index (χ4n) is 3.31. The van der Waals surface area contributed by atoms with Crippen LogP contribution in [-0.4, -0.2) is 78.7 Å². The minimum atomic E-state index is -0.172. The van der Waals surface area contributed by atoms with Gasteiger partial charge in [0.2, 0.25) is 5.91 Å². The van der Waals surface area contributed by atoms with Gasteiger partial charge < -0.3 is 19.3 Å². The van der Waals surface area contributed by atoms with E-state index in [4.69, 9.17) is 9.47 Å². The second-order valence-corrected chi connectivity index (χ2v) is 6.36. The number of aromatic nitrogens is 1. The summed E-state index contributed by atoms with van der Waals surface area (Å²) in [5.41, 5.74) is 0.588. The average molecular weight is 333 g/mol. The molecule has 2 heterocycles. The summed E-state index contributed by atoms with van der Waals surface area (Å²) < 4.78 is 11.6. The number of likely N-dealkylation sites (N-methyl/N-ethyl adjacent to an activating group) is 1. The van der Waals surface area contributed by atoms with Gasteiger partial charge in [-0.3, -0.25) is 14.6 Å². The van der Waals surface area contributed by atoms with Gasteiger partial charge in [0.15, 0.2) is 0 Å². The molecule has 24 heavy (non-hydrogen) atoms. The van der Waals surface area contributed by atoms with Gasteiger partial charge in [-0.25, -0.2) is 0 Å². The van der Waals surface area contributed by atoms with Crippen LogP contribution in [0.15, 0.2) is 24.5 Å². The summed E-state index contributed by atoms with van der Waals surface area (Å²) >= 11 is 0. The highest BCUT2D eigenvalue weighted by Crippen LogP contribution is 2.32. The molecule has 7 nitrogen and oxygen atoms in total. The summed E-state index contributed by atoms with van der Waals surface area (Å²) in [7, 11) is 3.41. The maximum absolute atomic E-state index is 12.7. The van der Waals surface area contributed by atoms with Crippen LogP contribution < -0.4 is 0 Å². The molecule has 1 aromatic rings. The zero-order valence-electron chi connectivity index (χ0n) is 14.1. The summed E-state index contributed by atoms with van der Waals surface area (Å²) in [4.78, 5) is 31.8. The van der Waals surface area contributed by atoms with E-state index in [1.165, 1.54) is 4.90 Å². The Kier molecular flexibility index (Phi) is 5.11. The molecule has 2 amide bonds. The Labute approximate surface area is 141 Å². The van der Waals surface area contributed by atoms with Crippen LogP contribution in [0.4, 0.5) is 0 Å². The number of hydrogen-bond acceptors (Lipinski definition) is 5. The Morgan fingerprint density at radius 3 is 2.96 bits per heavy atom. The standard InChI is InChI=1S/C17H23N3O4/c1-19(2)15(21)11-24-14-6-5-13-16(14)23-9-8-20(13)17(22)12-4-3-7-18-10-12/h3-4,7,10,13-14,16H,5-6,8-9,11H2,1-2H3/t13-,14+,16+/m0/s1. The van der Waals surface area contributed by atoms with Crippen LogP contribution in [-0.2, 0) is 14.3 Å². The number of rotatable bonds is 4. The second kappa shape index (κ2) is 7.27. The number of morpholine rings is 1. The van der Waals surface area contributed by atoms with Crippen molar-refractivity contribution < 1.29 is 19.1 Å². The molecule has 2 fully saturated rings. The highest BCUT2D eigenvalue weighted by Gasteiger charge is 2.45. The summed E-state index contributed by atoms with van der Waals surface area (Å²) in [5, 5.41) is 0. The van der Waals surface area contributed by atoms with Crippen LogP contribution >= 0.6 is 0 Å². The van der Waals surface area contributed by atoms with Crippen LogP contribution in [0.25, 0.3) is 0 Å². The molecule has 130 valence electrons. The van der Waals surface area contributed by atoms with E-state index in [2.05, 4.69) is 4.98 Å². The highest BCUT2D eigenvalue weighted by atomic mass is 16.5. The molecule has 2 aliphatic rings. The molecule has 0 spiro atoms. The minimum Gasteiger partial charge on any atom is -0.372 e. The normalized spacial score (nSPS) is 26.1. The number of carbonyl (C=O) groups excluding carboxylic acids is 2. The van der Waals surface area contributed by atoms with Crippen molar-refractivity contribution in [3.63, 3.8) is 0 Å². The average Bonchev–Trinajstić information content (AvgIpc) is 3.02. The topological polar surface area (TPSA) is 72.0 Å². The monoisotopic (exact) mass is 333 g/mol. The molecule has 3 rings (SSSR count). The molecule has 0 aromatic carbocycles. The van der Waals surface area contributed by atoms with Gasteiger partial charge in [-0.15, -0.1) is 0 Å². The van der Waals surface area contributed by atoms with Gasteiger partial charge >= 0.3 is 0 Å². The first-order valence-corrected chi connectivity index (χ1v) is 8.22. The molecule has 0 radical (unpaired) electrons. The number of pyridine rings is 1. The van der Waals surface area contributed by atoms with Crippen molar-refractivity contribution in [1.82, 2.24) is 14.8 Å². The summed E-state index contributed by atoms with van der Waals surface area (Å²) in [6.07, 6.45) is 4.52. The van der Waals surface area contributed by atoms with E-state index in [1.54, 1.807) is 38.6 Å². The molecule has 7 heteroatoms. The Bertz CT molecular complexity index is 593. The van der Waals surface area contributed by atoms with Crippen LogP contribution in [0.3, 0.4) is 0 Å². The van der Waals surface area contributed by atoms with Gasteiger partial charge in [-0.2, -0.15) is 0 Å². The number of hydrogen-bond donors (Lipinski definition) is 0. The highest BCUT2D eigenvalue weighted by molar-refractivity contribution is 5.94. The number of fused-ring (bicyclic) bond motifs is 1. The number of ether oxygens (including phenoxy) is 2. The zero-order chi connectivity index (χ0) is 17.1. The van der Waals surface area contributed by atoms with E-state index in [0.717, 1.165) is 12.8 Å². The third-order valence-corrected chi connectivity index (χ3v) is 4.62. The molecule has 0 bridgehead atoms. The van der Waals surface area contributed by atoms with Crippen molar-refractivity contribution in [2.45, 2.75) is 31.1 Å². The first kappa shape index (κ1) is 16.9. The molecule has 1 saturated heterocycles. The fourth-order valence-corrected chi connectivity index (χ4v) is 3.31. The predicted octanol–water partition coefficient (Wildman–Crippen LogP) is 0.558. The quantitative estimate of drug-likeness (QED) is 0.805. The molecular weight excluding hydrogens is 310 g/mol. The van der Waals surface area contributed by atoms with Crippen molar-refractivity contribution >= 4 is 11.8 Å². The summed E-state index contributed by atoms with van der Waals surface area (Å²) in [6, 6.07) is 3.53. The molecule has 1 aromatic heterocycles. The summed E-state index contributed by atoms with van der Waals surface area (Å²) in [6.45, 7) is 1.09. The lowest BCUT2D eigenvalue weighted by Gasteiger charge is -2.39. The molecule has 1 saturated carbocycles. The van der Waals surface area contributed by atoms with E-state index in [0.29, 0.717) is 18.7 Å². The predicted molar refractivity (Wildman–Crippen MR) is 86.5 cm³/mol. The molecule has 3 atom stereocenters. The van der Waals surface area contributed by atoms with Gasteiger partial charge in [0.25, 0.3) is 5.91 Å². The summed E-state index contributed by atoms with van der Waals surface area (Å²) in [5.74, 6) is -0.0935. The Balaban J connectivity index is 1.65. The van der Waals surface area contributed by atoms with E-state index in [9.17, 15) is 9.59 Å². The van der Waals surface area contributed by atoms with E-state index in [-0.39, 0.29) is 36.7 Å². The number of nitrogens with zero attached hydrogens (tertiary/aromatic N) is 3. The van der Waals surface area contributed by atoms with E-state index >= 15 is 0 Å². The van der Waals surface area contributed by atoms with Gasteiger partial charge in [0.1, 0.15) is 12.7 Å². The SMILES string of the molecule is CN(C)C(=O)CO[C@@H]1CC[C@H]2[C@H]1OCCN2C(=O)c1cccnc1. The van der Waals surface area contributed by atoms with E-state index < -0.39 is 0 Å². The third kappa shape index (κ3) is 3.42. The number of amides is 2. The Morgan fingerprint density at radius 2 is 2.25 bits per heavy atom. The number of carbonyl (C=O) groups is 2. The second-order valence-electron chi connectivity index (χ2n) is 6.36. The lowest BCUT2D eigenvalue weighted by molar-refractivity contribution is -0.142. The van der Waals surface area contributed by atoms with Crippen LogP contribution in [0.2, 0.25) is 0 Å². The maximum atomic E-state index is 12.7. The lowest BCUT2D eigenvalue weighted by atomic mass is 10.1. The van der Waals surface area contributed by atoms with Crippen molar-refractivity contribution in [3.8, 4) is 0 Å². The molecule has 0 unspecified atom stereocenters. The molecule has 0 N–H and O–H groups in total. The maximum Gasteiger partial charge on any atom is 0.255 e. The largest absolute Gasteiger partial charge is 0.372 e. The molecular formula is C17H23N3O4. The van der Waals surface area contributed by atoms with Crippen molar-refractivity contribution in [1.29, 1.82) is 0 Å². The lowest BCUT2D eigenvalue weighted by Crippen LogP contribution is -2.54. The first-order valence-electron chi connectivity index (χ1n) is 8.22. The van der Waals surface area contributed by atoms with Gasteiger partial charge in [-0.1, -0.05) is 0 Å². The first-order chi connectivity index (χ1) is 11.6. The van der Waals surface area contributed by atoms with E-state index in [1.807, 2.05) is 4.90 Å². The van der Waals surface area contributed by atoms with Crippen molar-refractivity contribution in [3.05, 3.63) is 30.1 Å². The van der Waals surface area contributed by atoms with Crippen molar-refractivity contribution in [2.24, 2.45) is 0 Å². The van der Waals surface area contributed by atoms with Gasteiger partial charge in [0.05, 0.1) is 24.3 Å². The minimum absolute atomic E-state index is 0.00841.